The van der Waals surface area contributed by atoms with Gasteiger partial charge in [-0.3, -0.25) is 0 Å². The highest BCUT2D eigenvalue weighted by Crippen LogP contribution is 2.34. The third-order valence-electron chi connectivity index (χ3n) is 3.18. The molecule has 1 N–H and O–H groups in total. The lowest BCUT2D eigenvalue weighted by atomic mass is 10.1. The summed E-state index contributed by atoms with van der Waals surface area (Å²) in [6, 6.07) is 3.65. The van der Waals surface area contributed by atoms with Crippen LogP contribution in [0.3, 0.4) is 0 Å². The van der Waals surface area contributed by atoms with Crippen molar-refractivity contribution < 1.29 is 26.7 Å². The van der Waals surface area contributed by atoms with Gasteiger partial charge in [0.15, 0.2) is 0 Å². The van der Waals surface area contributed by atoms with Gasteiger partial charge in [0.05, 0.1) is 28.2 Å². The molecule has 0 aliphatic carbocycles. The van der Waals surface area contributed by atoms with Crippen LogP contribution in [-0.4, -0.2) is 37.0 Å². The zero-order valence-corrected chi connectivity index (χ0v) is 11.4. The van der Waals surface area contributed by atoms with E-state index in [0.717, 1.165) is 16.4 Å². The lowest BCUT2D eigenvalue weighted by molar-refractivity contribution is -0.137. The first-order valence-corrected chi connectivity index (χ1v) is 7.40. The lowest BCUT2D eigenvalue weighted by Crippen LogP contribution is -2.30. The quantitative estimate of drug-likeness (QED) is 0.891. The molecule has 0 amide bonds. The molecule has 0 bridgehead atoms. The van der Waals surface area contributed by atoms with E-state index < -0.39 is 38.3 Å². The molecule has 1 fully saturated rings. The molecule has 1 heterocycles. The van der Waals surface area contributed by atoms with E-state index in [0.29, 0.717) is 6.07 Å². The second-order valence-corrected chi connectivity index (χ2v) is 6.56. The maximum Gasteiger partial charge on any atom is 0.417 e. The number of benzene rings is 1. The fourth-order valence-electron chi connectivity index (χ4n) is 2.09. The average molecular weight is 320 g/mol. The van der Waals surface area contributed by atoms with Crippen molar-refractivity contribution in [3.63, 3.8) is 0 Å². The number of aliphatic hydroxyl groups excluding tert-OH is 1. The number of alkyl halides is 3. The maximum absolute atomic E-state index is 12.8. The summed E-state index contributed by atoms with van der Waals surface area (Å²) in [7, 11) is -4.12. The largest absolute Gasteiger partial charge is 0.417 e. The van der Waals surface area contributed by atoms with Gasteiger partial charge >= 0.3 is 6.18 Å². The topological polar surface area (TPSA) is 81.4 Å². The van der Waals surface area contributed by atoms with E-state index in [9.17, 15) is 26.7 Å². The molecule has 114 valence electrons. The smallest absolute Gasteiger partial charge is 0.392 e. The van der Waals surface area contributed by atoms with Gasteiger partial charge < -0.3 is 5.11 Å². The molecule has 1 aliphatic rings. The first kappa shape index (κ1) is 15.8. The van der Waals surface area contributed by atoms with Gasteiger partial charge in [-0.15, -0.1) is 0 Å². The standard InChI is InChI=1S/C12H11F3N2O3S/c13-12(14,15)11-5-10(2-1-8(11)6-16)21(19,20)17-4-3-9(18)7-17/h1-2,5,9,18H,3-4,7H2/t9-/m0/s1. The Bertz CT molecular complexity index is 695. The summed E-state index contributed by atoms with van der Waals surface area (Å²) in [4.78, 5) is -0.539. The number of sulfonamides is 1. The maximum atomic E-state index is 12.8. The highest BCUT2D eigenvalue weighted by atomic mass is 32.2. The summed E-state index contributed by atoms with van der Waals surface area (Å²) in [5, 5.41) is 18.0. The van der Waals surface area contributed by atoms with Crippen molar-refractivity contribution in [2.75, 3.05) is 13.1 Å². The highest BCUT2D eigenvalue weighted by Gasteiger charge is 2.37. The number of nitrogens with zero attached hydrogens (tertiary/aromatic N) is 2. The van der Waals surface area contributed by atoms with E-state index >= 15 is 0 Å². The Kier molecular flexibility index (Phi) is 3.97. The number of hydrogen-bond acceptors (Lipinski definition) is 4. The minimum absolute atomic E-state index is 0.0465. The van der Waals surface area contributed by atoms with Gasteiger partial charge in [0.1, 0.15) is 0 Å². The fraction of sp³-hybridized carbons (Fsp3) is 0.417. The number of hydrogen-bond donors (Lipinski definition) is 1. The van der Waals surface area contributed by atoms with Crippen LogP contribution < -0.4 is 0 Å². The van der Waals surface area contributed by atoms with Crippen molar-refractivity contribution in [3.05, 3.63) is 29.3 Å². The Morgan fingerprint density at radius 1 is 1.38 bits per heavy atom. The van der Waals surface area contributed by atoms with Crippen molar-refractivity contribution in [1.29, 1.82) is 5.26 Å². The molecule has 1 aromatic carbocycles. The minimum atomic E-state index is -4.82. The van der Waals surface area contributed by atoms with E-state index in [1.165, 1.54) is 6.07 Å². The van der Waals surface area contributed by atoms with Crippen molar-refractivity contribution in [3.8, 4) is 6.07 Å². The average Bonchev–Trinajstić information content (AvgIpc) is 2.84. The third-order valence-corrected chi connectivity index (χ3v) is 5.04. The lowest BCUT2D eigenvalue weighted by Gasteiger charge is -2.17. The monoisotopic (exact) mass is 320 g/mol. The SMILES string of the molecule is N#Cc1ccc(S(=O)(=O)N2CC[C@H](O)C2)cc1C(F)(F)F. The molecule has 1 aromatic rings. The van der Waals surface area contributed by atoms with Gasteiger partial charge in [-0.1, -0.05) is 0 Å². The molecule has 0 aromatic heterocycles. The number of nitriles is 1. The van der Waals surface area contributed by atoms with Crippen molar-refractivity contribution >= 4 is 10.0 Å². The van der Waals surface area contributed by atoms with Crippen LogP contribution in [-0.2, 0) is 16.2 Å². The van der Waals surface area contributed by atoms with Crippen LogP contribution in [0.5, 0.6) is 0 Å². The molecule has 0 radical (unpaired) electrons. The third kappa shape index (κ3) is 3.02. The summed E-state index contributed by atoms with van der Waals surface area (Å²) in [6.07, 6.45) is -5.40. The molecule has 0 unspecified atom stereocenters. The number of β-amino-alcohol motifs (C(OH)–C–C–N with tert-alkyl or cyclic N) is 1. The number of aliphatic hydroxyl groups is 1. The highest BCUT2D eigenvalue weighted by molar-refractivity contribution is 7.89. The van der Waals surface area contributed by atoms with Gasteiger partial charge in [-0.05, 0) is 24.6 Å². The van der Waals surface area contributed by atoms with Crippen molar-refractivity contribution in [1.82, 2.24) is 4.31 Å². The van der Waals surface area contributed by atoms with Crippen LogP contribution in [0.15, 0.2) is 23.1 Å². The summed E-state index contributed by atoms with van der Waals surface area (Å²) in [5.74, 6) is 0. The van der Waals surface area contributed by atoms with Crippen LogP contribution >= 0.6 is 0 Å². The van der Waals surface area contributed by atoms with Crippen LogP contribution in [0.4, 0.5) is 13.2 Å². The molecule has 0 saturated carbocycles. The summed E-state index contributed by atoms with van der Waals surface area (Å²) in [6.45, 7) is -0.103. The second kappa shape index (κ2) is 5.29. The van der Waals surface area contributed by atoms with Gasteiger partial charge in [-0.2, -0.15) is 22.7 Å². The van der Waals surface area contributed by atoms with Crippen molar-refractivity contribution in [2.45, 2.75) is 23.6 Å². The van der Waals surface area contributed by atoms with E-state index in [1.54, 1.807) is 0 Å². The molecule has 1 saturated heterocycles. The Labute approximate surface area is 119 Å². The van der Waals surface area contributed by atoms with E-state index in [1.807, 2.05) is 0 Å². The Morgan fingerprint density at radius 2 is 2.05 bits per heavy atom. The Balaban J connectivity index is 2.48. The van der Waals surface area contributed by atoms with Crippen LogP contribution in [0.1, 0.15) is 17.5 Å². The molecule has 0 spiro atoms. The minimum Gasteiger partial charge on any atom is -0.392 e. The summed E-state index contributed by atoms with van der Waals surface area (Å²) < 4.78 is 63.9. The van der Waals surface area contributed by atoms with E-state index in [-0.39, 0.29) is 19.5 Å². The van der Waals surface area contributed by atoms with E-state index in [4.69, 9.17) is 5.26 Å². The zero-order chi connectivity index (χ0) is 15.8. The molecular formula is C12H11F3N2O3S. The predicted molar refractivity (Wildman–Crippen MR) is 65.5 cm³/mol. The van der Waals surface area contributed by atoms with Gasteiger partial charge in [-0.25, -0.2) is 8.42 Å². The number of rotatable bonds is 2. The summed E-state index contributed by atoms with van der Waals surface area (Å²) in [5.41, 5.74) is -1.92. The van der Waals surface area contributed by atoms with Crippen LogP contribution in [0.2, 0.25) is 0 Å². The predicted octanol–water partition coefficient (Wildman–Crippen LogP) is 1.33. The van der Waals surface area contributed by atoms with E-state index in [2.05, 4.69) is 0 Å². The molecular weight excluding hydrogens is 309 g/mol. The van der Waals surface area contributed by atoms with Crippen LogP contribution in [0, 0.1) is 11.3 Å². The van der Waals surface area contributed by atoms with Gasteiger partial charge in [0.25, 0.3) is 0 Å². The van der Waals surface area contributed by atoms with Crippen molar-refractivity contribution in [2.24, 2.45) is 0 Å². The molecule has 1 atom stereocenters. The van der Waals surface area contributed by atoms with Crippen LogP contribution in [0.25, 0.3) is 0 Å². The normalized spacial score (nSPS) is 20.4. The first-order valence-electron chi connectivity index (χ1n) is 5.96. The Morgan fingerprint density at radius 3 is 2.52 bits per heavy atom. The molecule has 9 heteroatoms. The Hall–Kier alpha value is -1.63. The zero-order valence-electron chi connectivity index (χ0n) is 10.6. The molecule has 21 heavy (non-hydrogen) atoms. The molecule has 2 rings (SSSR count). The first-order chi connectivity index (χ1) is 9.66. The fourth-order valence-corrected chi connectivity index (χ4v) is 3.61. The second-order valence-electron chi connectivity index (χ2n) is 4.62. The number of halogens is 3. The van der Waals surface area contributed by atoms with Gasteiger partial charge in [0.2, 0.25) is 10.0 Å². The summed E-state index contributed by atoms with van der Waals surface area (Å²) >= 11 is 0. The molecule has 1 aliphatic heterocycles. The molecule has 5 nitrogen and oxygen atoms in total. The van der Waals surface area contributed by atoms with Gasteiger partial charge in [0, 0.05) is 13.1 Å².